The van der Waals surface area contributed by atoms with Gasteiger partial charge in [0, 0.05) is 0 Å². The fraction of sp³-hybridized carbons (Fsp3) is 0.154. The maximum atomic E-state index is 5.66. The third-order valence-corrected chi connectivity index (χ3v) is 4.54. The molecule has 0 unspecified atom stereocenters. The Kier molecular flexibility index (Phi) is 6.78. The summed E-state index contributed by atoms with van der Waals surface area (Å²) in [6.45, 7) is 7.25. The second kappa shape index (κ2) is 9.70. The van der Waals surface area contributed by atoms with E-state index in [-0.39, 0.29) is 0 Å². The van der Waals surface area contributed by atoms with Gasteiger partial charge in [-0.15, -0.1) is 0 Å². The Morgan fingerprint density at radius 2 is 1.19 bits per heavy atom. The van der Waals surface area contributed by atoms with Crippen molar-refractivity contribution in [1.29, 1.82) is 0 Å². The molecule has 0 bridgehead atoms. The zero-order valence-electron chi connectivity index (χ0n) is 15.9. The molecule has 0 spiro atoms. The zero-order valence-corrected chi connectivity index (χ0v) is 15.9. The molecular weight excluding hydrogens is 328 g/mol. The fourth-order valence-electron chi connectivity index (χ4n) is 2.94. The molecule has 3 aromatic rings. The minimum Gasteiger partial charge on any atom is -0.373 e. The van der Waals surface area contributed by atoms with Crippen LogP contribution in [0.1, 0.15) is 24.5 Å². The third-order valence-electron chi connectivity index (χ3n) is 4.54. The van der Waals surface area contributed by atoms with E-state index >= 15 is 0 Å². The van der Waals surface area contributed by atoms with E-state index in [1.807, 2.05) is 6.08 Å². The lowest BCUT2D eigenvalue weighted by atomic mass is 9.99. The van der Waals surface area contributed by atoms with Crippen molar-refractivity contribution in [2.75, 3.05) is 6.61 Å². The van der Waals surface area contributed by atoms with E-state index in [1.165, 1.54) is 27.8 Å². The lowest BCUT2D eigenvalue weighted by molar-refractivity contribution is 0.148. The molecule has 0 aliphatic heterocycles. The van der Waals surface area contributed by atoms with Crippen LogP contribution in [0.4, 0.5) is 0 Å². The smallest absolute Gasteiger partial charge is 0.0721 e. The summed E-state index contributed by atoms with van der Waals surface area (Å²) in [6, 6.07) is 25.8. The lowest BCUT2D eigenvalue weighted by Gasteiger charge is -2.07. The quantitative estimate of drug-likeness (QED) is 0.308. The van der Waals surface area contributed by atoms with Crippen molar-refractivity contribution in [3.05, 3.63) is 103 Å². The van der Waals surface area contributed by atoms with Gasteiger partial charge in [0.2, 0.25) is 0 Å². The first-order valence-corrected chi connectivity index (χ1v) is 9.45. The standard InChI is InChI=1S/C26H26O/c1-3-5-6-19-27-20-22-9-13-24(14-10-22)26-17-15-25(16-18-26)23-11-7-21(4-2)8-12-23/h4-18H,2-3,19-20H2,1H3. The Morgan fingerprint density at radius 3 is 1.67 bits per heavy atom. The average Bonchev–Trinajstić information content (AvgIpc) is 2.74. The second-order valence-electron chi connectivity index (χ2n) is 6.50. The summed E-state index contributed by atoms with van der Waals surface area (Å²) >= 11 is 0. The molecule has 0 aliphatic rings. The number of hydrogen-bond acceptors (Lipinski definition) is 1. The highest BCUT2D eigenvalue weighted by atomic mass is 16.5. The largest absolute Gasteiger partial charge is 0.373 e. The van der Waals surface area contributed by atoms with E-state index in [2.05, 4.69) is 98.5 Å². The Hall–Kier alpha value is -2.90. The average molecular weight is 354 g/mol. The third kappa shape index (κ3) is 5.29. The molecule has 0 N–H and O–H groups in total. The van der Waals surface area contributed by atoms with Gasteiger partial charge in [-0.3, -0.25) is 0 Å². The molecule has 0 fully saturated rings. The topological polar surface area (TPSA) is 9.23 Å². The van der Waals surface area contributed by atoms with Crippen LogP contribution < -0.4 is 0 Å². The zero-order chi connectivity index (χ0) is 18.9. The molecule has 0 atom stereocenters. The van der Waals surface area contributed by atoms with Crippen LogP contribution in [0.15, 0.2) is 91.5 Å². The van der Waals surface area contributed by atoms with Crippen LogP contribution in [-0.2, 0) is 11.3 Å². The van der Waals surface area contributed by atoms with Crippen LogP contribution in [0.25, 0.3) is 28.3 Å². The normalized spacial score (nSPS) is 11.0. The highest BCUT2D eigenvalue weighted by molar-refractivity contribution is 5.71. The molecule has 1 heteroatoms. The molecule has 0 heterocycles. The molecule has 27 heavy (non-hydrogen) atoms. The molecule has 0 aromatic heterocycles. The summed E-state index contributed by atoms with van der Waals surface area (Å²) in [5, 5.41) is 0. The number of ether oxygens (including phenoxy) is 1. The minimum atomic E-state index is 0.647. The van der Waals surface area contributed by atoms with Crippen LogP contribution in [0, 0.1) is 0 Å². The number of allylic oxidation sites excluding steroid dienone is 1. The van der Waals surface area contributed by atoms with Crippen molar-refractivity contribution >= 4 is 6.08 Å². The molecule has 1 nitrogen and oxygen atoms in total. The van der Waals surface area contributed by atoms with E-state index in [9.17, 15) is 0 Å². The Morgan fingerprint density at radius 1 is 0.704 bits per heavy atom. The number of rotatable bonds is 8. The van der Waals surface area contributed by atoms with Gasteiger partial charge in [0.25, 0.3) is 0 Å². The van der Waals surface area contributed by atoms with Gasteiger partial charge in [-0.25, -0.2) is 0 Å². The van der Waals surface area contributed by atoms with Crippen LogP contribution in [0.3, 0.4) is 0 Å². The second-order valence-corrected chi connectivity index (χ2v) is 6.50. The van der Waals surface area contributed by atoms with E-state index in [0.717, 1.165) is 12.0 Å². The maximum absolute atomic E-state index is 5.66. The van der Waals surface area contributed by atoms with Crippen LogP contribution in [-0.4, -0.2) is 6.61 Å². The molecule has 3 rings (SSSR count). The molecule has 0 amide bonds. The Bertz CT molecular complexity index is 869. The lowest BCUT2D eigenvalue weighted by Crippen LogP contribution is -1.92. The van der Waals surface area contributed by atoms with Crippen molar-refractivity contribution in [3.8, 4) is 22.3 Å². The van der Waals surface area contributed by atoms with Crippen LogP contribution in [0.5, 0.6) is 0 Å². The Balaban J connectivity index is 1.64. The highest BCUT2D eigenvalue weighted by Gasteiger charge is 2.01. The fourth-order valence-corrected chi connectivity index (χ4v) is 2.94. The highest BCUT2D eigenvalue weighted by Crippen LogP contribution is 2.25. The molecule has 0 saturated heterocycles. The SMILES string of the molecule is C=Cc1ccc(-c2ccc(-c3ccc(COCC=CCC)cc3)cc2)cc1. The first-order chi connectivity index (χ1) is 13.3. The Labute approximate surface area is 162 Å². The van der Waals surface area contributed by atoms with E-state index in [0.29, 0.717) is 13.2 Å². The van der Waals surface area contributed by atoms with Crippen molar-refractivity contribution in [3.63, 3.8) is 0 Å². The van der Waals surface area contributed by atoms with Crippen molar-refractivity contribution in [1.82, 2.24) is 0 Å². The van der Waals surface area contributed by atoms with E-state index in [1.54, 1.807) is 0 Å². The summed E-state index contributed by atoms with van der Waals surface area (Å²) < 4.78 is 5.66. The van der Waals surface area contributed by atoms with Gasteiger partial charge in [0.1, 0.15) is 0 Å². The van der Waals surface area contributed by atoms with Gasteiger partial charge >= 0.3 is 0 Å². The summed E-state index contributed by atoms with van der Waals surface area (Å²) in [5.41, 5.74) is 7.22. The summed E-state index contributed by atoms with van der Waals surface area (Å²) in [4.78, 5) is 0. The van der Waals surface area contributed by atoms with Gasteiger partial charge in [-0.05, 0) is 39.8 Å². The molecule has 136 valence electrons. The first kappa shape index (κ1) is 18.9. The molecule has 0 aliphatic carbocycles. The van der Waals surface area contributed by atoms with Gasteiger partial charge < -0.3 is 4.74 Å². The van der Waals surface area contributed by atoms with Gasteiger partial charge in [0.15, 0.2) is 0 Å². The van der Waals surface area contributed by atoms with Crippen molar-refractivity contribution < 1.29 is 4.74 Å². The van der Waals surface area contributed by atoms with Gasteiger partial charge in [-0.2, -0.15) is 0 Å². The monoisotopic (exact) mass is 354 g/mol. The molecule has 0 radical (unpaired) electrons. The number of hydrogen-bond donors (Lipinski definition) is 0. The molecular formula is C26H26O. The van der Waals surface area contributed by atoms with Crippen molar-refractivity contribution in [2.45, 2.75) is 20.0 Å². The molecule has 0 saturated carbocycles. The first-order valence-electron chi connectivity index (χ1n) is 9.45. The van der Waals surface area contributed by atoms with Crippen LogP contribution in [0.2, 0.25) is 0 Å². The van der Waals surface area contributed by atoms with E-state index in [4.69, 9.17) is 4.74 Å². The predicted octanol–water partition coefficient (Wildman–Crippen LogP) is 7.15. The molecule has 3 aromatic carbocycles. The van der Waals surface area contributed by atoms with Gasteiger partial charge in [-0.1, -0.05) is 105 Å². The maximum Gasteiger partial charge on any atom is 0.0721 e. The summed E-state index contributed by atoms with van der Waals surface area (Å²) in [6.07, 6.45) is 7.11. The number of benzene rings is 3. The van der Waals surface area contributed by atoms with E-state index < -0.39 is 0 Å². The van der Waals surface area contributed by atoms with Crippen LogP contribution >= 0.6 is 0 Å². The summed E-state index contributed by atoms with van der Waals surface area (Å²) in [7, 11) is 0. The van der Waals surface area contributed by atoms with Crippen molar-refractivity contribution in [2.24, 2.45) is 0 Å². The van der Waals surface area contributed by atoms with Gasteiger partial charge in [0.05, 0.1) is 13.2 Å². The summed E-state index contributed by atoms with van der Waals surface area (Å²) in [5.74, 6) is 0. The predicted molar refractivity (Wildman–Crippen MR) is 116 cm³/mol. The minimum absolute atomic E-state index is 0.647.